The first-order valence-corrected chi connectivity index (χ1v) is 10.8. The first-order valence-electron chi connectivity index (χ1n) is 8.93. The average molecular weight is 364 g/mol. The first-order chi connectivity index (χ1) is 12.0. The molecule has 0 bridgehead atoms. The van der Waals surface area contributed by atoms with Crippen molar-refractivity contribution in [1.29, 1.82) is 0 Å². The van der Waals surface area contributed by atoms with E-state index >= 15 is 0 Å². The van der Waals surface area contributed by atoms with Crippen molar-refractivity contribution in [3.05, 3.63) is 30.1 Å². The lowest BCUT2D eigenvalue weighted by Crippen LogP contribution is -2.62. The lowest BCUT2D eigenvalue weighted by molar-refractivity contribution is 0.0490. The number of nitrogens with zero attached hydrogens (tertiary/aromatic N) is 4. The zero-order valence-electron chi connectivity index (χ0n) is 14.2. The number of piperazine rings is 1. The maximum Gasteiger partial charge on any atom is 0.320 e. The van der Waals surface area contributed by atoms with Gasteiger partial charge >= 0.3 is 6.03 Å². The summed E-state index contributed by atoms with van der Waals surface area (Å²) in [6.45, 7) is 3.48. The van der Waals surface area contributed by atoms with E-state index in [1.165, 1.54) is 0 Å². The second-order valence-electron chi connectivity index (χ2n) is 7.17. The van der Waals surface area contributed by atoms with Gasteiger partial charge in [0.1, 0.15) is 0 Å². The van der Waals surface area contributed by atoms with Gasteiger partial charge in [0.05, 0.1) is 23.2 Å². The van der Waals surface area contributed by atoms with Crippen LogP contribution in [0.2, 0.25) is 0 Å². The minimum absolute atomic E-state index is 0.0158. The molecule has 3 aliphatic heterocycles. The van der Waals surface area contributed by atoms with E-state index in [-0.39, 0.29) is 29.6 Å². The van der Waals surface area contributed by atoms with Gasteiger partial charge in [-0.1, -0.05) is 6.07 Å². The molecule has 7 nitrogen and oxygen atoms in total. The summed E-state index contributed by atoms with van der Waals surface area (Å²) in [6, 6.07) is 5.42. The molecule has 4 heterocycles. The van der Waals surface area contributed by atoms with E-state index in [1.54, 1.807) is 6.20 Å². The van der Waals surface area contributed by atoms with Crippen molar-refractivity contribution in [3.63, 3.8) is 0 Å². The number of pyridine rings is 1. The molecule has 3 saturated heterocycles. The van der Waals surface area contributed by atoms with E-state index < -0.39 is 9.84 Å². The van der Waals surface area contributed by atoms with Gasteiger partial charge in [-0.05, 0) is 25.0 Å². The lowest BCUT2D eigenvalue weighted by atomic mass is 10.0. The maximum absolute atomic E-state index is 12.8. The Morgan fingerprint density at radius 2 is 1.84 bits per heavy atom. The molecule has 4 rings (SSSR count). The molecule has 3 aliphatic rings. The Morgan fingerprint density at radius 1 is 1.08 bits per heavy atom. The predicted molar refractivity (Wildman–Crippen MR) is 93.8 cm³/mol. The Kier molecular flexibility index (Phi) is 4.41. The second-order valence-corrected chi connectivity index (χ2v) is 9.33. The first kappa shape index (κ1) is 16.8. The van der Waals surface area contributed by atoms with E-state index in [0.29, 0.717) is 19.6 Å². The van der Waals surface area contributed by atoms with E-state index in [4.69, 9.17) is 0 Å². The summed E-state index contributed by atoms with van der Waals surface area (Å²) in [5, 5.41) is 0. The van der Waals surface area contributed by atoms with Gasteiger partial charge in [-0.3, -0.25) is 9.88 Å². The second kappa shape index (κ2) is 6.57. The van der Waals surface area contributed by atoms with Gasteiger partial charge < -0.3 is 9.80 Å². The van der Waals surface area contributed by atoms with Gasteiger partial charge in [-0.25, -0.2) is 13.2 Å². The number of hydrogen-bond acceptors (Lipinski definition) is 5. The van der Waals surface area contributed by atoms with Crippen LogP contribution in [0.4, 0.5) is 4.79 Å². The largest absolute Gasteiger partial charge is 0.325 e. The number of carbonyl (C=O) groups is 1. The van der Waals surface area contributed by atoms with Gasteiger partial charge in [-0.2, -0.15) is 0 Å². The average Bonchev–Trinajstić information content (AvgIpc) is 3.22. The molecule has 2 amide bonds. The molecule has 0 spiro atoms. The number of fused-ring (bicyclic) bond motifs is 1. The summed E-state index contributed by atoms with van der Waals surface area (Å²) in [4.78, 5) is 23.1. The van der Waals surface area contributed by atoms with Crippen LogP contribution in [0.3, 0.4) is 0 Å². The van der Waals surface area contributed by atoms with Crippen molar-refractivity contribution in [3.8, 4) is 0 Å². The quantitative estimate of drug-likeness (QED) is 0.768. The number of carbonyl (C=O) groups excluding carboxylic acids is 1. The highest BCUT2D eigenvalue weighted by Gasteiger charge is 2.48. The Hall–Kier alpha value is -1.67. The highest BCUT2D eigenvalue weighted by molar-refractivity contribution is 7.91. The Morgan fingerprint density at radius 3 is 2.56 bits per heavy atom. The van der Waals surface area contributed by atoms with E-state index in [0.717, 1.165) is 31.6 Å². The summed E-state index contributed by atoms with van der Waals surface area (Å²) in [5.41, 5.74) is 0.935. The van der Waals surface area contributed by atoms with Crippen LogP contribution in [0.5, 0.6) is 0 Å². The van der Waals surface area contributed by atoms with Crippen LogP contribution in [-0.2, 0) is 16.4 Å². The highest BCUT2D eigenvalue weighted by atomic mass is 32.2. The number of amides is 2. The fourth-order valence-corrected chi connectivity index (χ4v) is 6.26. The van der Waals surface area contributed by atoms with Crippen molar-refractivity contribution in [2.24, 2.45) is 0 Å². The molecule has 0 aliphatic carbocycles. The molecule has 25 heavy (non-hydrogen) atoms. The van der Waals surface area contributed by atoms with Crippen LogP contribution in [-0.4, -0.2) is 83.9 Å². The number of rotatable bonds is 2. The number of sulfone groups is 1. The van der Waals surface area contributed by atoms with E-state index in [9.17, 15) is 13.2 Å². The van der Waals surface area contributed by atoms with E-state index in [2.05, 4.69) is 9.88 Å². The molecule has 0 unspecified atom stereocenters. The number of hydrogen-bond donors (Lipinski definition) is 0. The number of likely N-dealkylation sites (tertiary alicyclic amines) is 1. The van der Waals surface area contributed by atoms with Crippen molar-refractivity contribution in [2.75, 3.05) is 37.7 Å². The van der Waals surface area contributed by atoms with Crippen molar-refractivity contribution in [1.82, 2.24) is 19.7 Å². The lowest BCUT2D eigenvalue weighted by Gasteiger charge is -2.44. The third kappa shape index (κ3) is 3.37. The fraction of sp³-hybridized carbons (Fsp3) is 0.647. The number of urea groups is 1. The Bertz CT molecular complexity index is 734. The molecule has 1 aromatic heterocycles. The third-order valence-corrected chi connectivity index (χ3v) is 7.20. The summed E-state index contributed by atoms with van der Waals surface area (Å²) in [6.07, 6.45) is 3.83. The smallest absolute Gasteiger partial charge is 0.320 e. The highest BCUT2D eigenvalue weighted by Crippen LogP contribution is 2.29. The van der Waals surface area contributed by atoms with Gasteiger partial charge in [0, 0.05) is 45.0 Å². The van der Waals surface area contributed by atoms with Crippen LogP contribution in [0.25, 0.3) is 0 Å². The topological polar surface area (TPSA) is 73.8 Å². The SMILES string of the molecule is O=C(N1CCCC1)N1CCN(Cc2ccccn2)[C@@H]2CS(=O)(=O)C[C@@H]21. The van der Waals surface area contributed by atoms with Crippen LogP contribution in [0.1, 0.15) is 18.5 Å². The van der Waals surface area contributed by atoms with Crippen LogP contribution in [0.15, 0.2) is 24.4 Å². The van der Waals surface area contributed by atoms with Crippen molar-refractivity contribution >= 4 is 15.9 Å². The molecule has 2 atom stereocenters. The minimum Gasteiger partial charge on any atom is -0.325 e. The molecule has 1 aromatic rings. The van der Waals surface area contributed by atoms with Crippen LogP contribution in [0, 0.1) is 0 Å². The Labute approximate surface area is 148 Å². The van der Waals surface area contributed by atoms with Gasteiger partial charge in [-0.15, -0.1) is 0 Å². The predicted octanol–water partition coefficient (Wildman–Crippen LogP) is 0.581. The molecule has 136 valence electrons. The molecule has 3 fully saturated rings. The van der Waals surface area contributed by atoms with Crippen molar-refractivity contribution < 1.29 is 13.2 Å². The molecule has 0 N–H and O–H groups in total. The van der Waals surface area contributed by atoms with Gasteiger partial charge in [0.25, 0.3) is 0 Å². The standard InChI is InChI=1S/C17H24N4O3S/c22-17(19-7-3-4-8-19)21-10-9-20(11-14-5-1-2-6-18-14)15-12-25(23,24)13-16(15)21/h1-2,5-6,15-16H,3-4,7-13H2/t15-,16+/m1/s1. The molecular weight excluding hydrogens is 340 g/mol. The molecule has 0 saturated carbocycles. The molecule has 0 radical (unpaired) electrons. The summed E-state index contributed by atoms with van der Waals surface area (Å²) in [7, 11) is -3.12. The van der Waals surface area contributed by atoms with E-state index in [1.807, 2.05) is 28.0 Å². The molecule has 0 aromatic carbocycles. The van der Waals surface area contributed by atoms with Gasteiger partial charge in [0.15, 0.2) is 9.84 Å². The summed E-state index contributed by atoms with van der Waals surface area (Å²) < 4.78 is 24.6. The van der Waals surface area contributed by atoms with Gasteiger partial charge in [0.2, 0.25) is 0 Å². The zero-order chi connectivity index (χ0) is 17.4. The summed E-state index contributed by atoms with van der Waals surface area (Å²) >= 11 is 0. The molecule has 8 heteroatoms. The monoisotopic (exact) mass is 364 g/mol. The Balaban J connectivity index is 1.54. The maximum atomic E-state index is 12.8. The van der Waals surface area contributed by atoms with Crippen molar-refractivity contribution in [2.45, 2.75) is 31.5 Å². The third-order valence-electron chi connectivity index (χ3n) is 5.50. The minimum atomic E-state index is -3.12. The molecular formula is C17H24N4O3S. The van der Waals surface area contributed by atoms with Crippen LogP contribution < -0.4 is 0 Å². The zero-order valence-corrected chi connectivity index (χ0v) is 15.1. The summed E-state index contributed by atoms with van der Waals surface area (Å²) in [5.74, 6) is 0.213. The normalized spacial score (nSPS) is 29.0. The number of aromatic nitrogens is 1. The fourth-order valence-electron chi connectivity index (χ4n) is 4.25. The van der Waals surface area contributed by atoms with Crippen LogP contribution >= 0.6 is 0 Å².